The Balaban J connectivity index is 2.57. The van der Waals surface area contributed by atoms with Gasteiger partial charge >= 0.3 is 0 Å². The second kappa shape index (κ2) is 4.78. The van der Waals surface area contributed by atoms with Gasteiger partial charge in [-0.05, 0) is 62.1 Å². The van der Waals surface area contributed by atoms with Crippen LogP contribution in [0, 0.1) is 26.6 Å². The number of rotatable bonds is 2. The summed E-state index contributed by atoms with van der Waals surface area (Å²) in [7, 11) is 0. The van der Waals surface area contributed by atoms with Crippen molar-refractivity contribution in [2.45, 2.75) is 33.3 Å². The molecular weight excluding hydrogens is 239 g/mol. The van der Waals surface area contributed by atoms with E-state index in [1.807, 2.05) is 32.0 Å². The predicted molar refractivity (Wildman–Crippen MR) is 75.7 cm³/mol. The molecule has 1 N–H and O–H groups in total. The summed E-state index contributed by atoms with van der Waals surface area (Å²) in [5, 5.41) is 10.9. The summed E-state index contributed by atoms with van der Waals surface area (Å²) in [5.74, 6) is -0.250. The highest BCUT2D eigenvalue weighted by Gasteiger charge is 2.27. The van der Waals surface area contributed by atoms with Crippen LogP contribution in [0.1, 0.15) is 34.7 Å². The topological polar surface area (TPSA) is 20.2 Å². The molecular formula is C17H19FO. The maximum absolute atomic E-state index is 13.4. The molecule has 2 heteroatoms. The lowest BCUT2D eigenvalue weighted by Crippen LogP contribution is -2.24. The Morgan fingerprint density at radius 1 is 0.947 bits per heavy atom. The van der Waals surface area contributed by atoms with Gasteiger partial charge in [0.15, 0.2) is 0 Å². The highest BCUT2D eigenvalue weighted by Crippen LogP contribution is 2.32. The van der Waals surface area contributed by atoms with E-state index < -0.39 is 5.60 Å². The third kappa shape index (κ3) is 2.54. The summed E-state index contributed by atoms with van der Waals surface area (Å²) in [5.41, 5.74) is 3.12. The number of aryl methyl sites for hydroxylation is 3. The molecule has 100 valence electrons. The van der Waals surface area contributed by atoms with Crippen LogP contribution in [0.5, 0.6) is 0 Å². The minimum atomic E-state index is -1.12. The van der Waals surface area contributed by atoms with Crippen molar-refractivity contribution in [3.63, 3.8) is 0 Å². The average molecular weight is 258 g/mol. The Labute approximate surface area is 113 Å². The van der Waals surface area contributed by atoms with E-state index in [-0.39, 0.29) is 5.82 Å². The minimum Gasteiger partial charge on any atom is -0.381 e. The van der Waals surface area contributed by atoms with Crippen LogP contribution in [0.2, 0.25) is 0 Å². The molecule has 0 aromatic heterocycles. The standard InChI is InChI=1S/C17H19FO/c1-11-5-6-12(2)15(9-11)17(4,19)14-7-8-16(18)13(3)10-14/h5-10,19H,1-4H3. The summed E-state index contributed by atoms with van der Waals surface area (Å²) in [4.78, 5) is 0. The van der Waals surface area contributed by atoms with Crippen molar-refractivity contribution >= 4 is 0 Å². The van der Waals surface area contributed by atoms with E-state index in [4.69, 9.17) is 0 Å². The van der Waals surface area contributed by atoms with E-state index in [2.05, 4.69) is 0 Å². The molecule has 0 spiro atoms. The molecule has 0 aliphatic heterocycles. The van der Waals surface area contributed by atoms with Gasteiger partial charge in [-0.25, -0.2) is 4.39 Å². The molecule has 19 heavy (non-hydrogen) atoms. The average Bonchev–Trinajstić information content (AvgIpc) is 2.35. The minimum absolute atomic E-state index is 0.250. The molecule has 0 bridgehead atoms. The second-order valence-electron chi connectivity index (χ2n) is 5.35. The maximum Gasteiger partial charge on any atom is 0.126 e. The van der Waals surface area contributed by atoms with Crippen LogP contribution in [0.15, 0.2) is 36.4 Å². The molecule has 0 aliphatic rings. The zero-order valence-electron chi connectivity index (χ0n) is 11.8. The largest absolute Gasteiger partial charge is 0.381 e. The smallest absolute Gasteiger partial charge is 0.126 e. The molecule has 0 amide bonds. The van der Waals surface area contributed by atoms with Gasteiger partial charge in [-0.15, -0.1) is 0 Å². The summed E-state index contributed by atoms with van der Waals surface area (Å²) in [6, 6.07) is 10.7. The van der Waals surface area contributed by atoms with Crippen molar-refractivity contribution in [1.29, 1.82) is 0 Å². The van der Waals surface area contributed by atoms with Crippen LogP contribution in [0.3, 0.4) is 0 Å². The normalized spacial score (nSPS) is 14.2. The summed E-state index contributed by atoms with van der Waals surface area (Å²) in [6.45, 7) is 7.42. The lowest BCUT2D eigenvalue weighted by atomic mass is 9.84. The third-order valence-corrected chi connectivity index (χ3v) is 3.64. The first-order valence-electron chi connectivity index (χ1n) is 6.39. The van der Waals surface area contributed by atoms with Crippen molar-refractivity contribution in [3.05, 3.63) is 70.0 Å². The first-order chi connectivity index (χ1) is 8.82. The van der Waals surface area contributed by atoms with E-state index in [0.717, 1.165) is 16.7 Å². The maximum atomic E-state index is 13.4. The summed E-state index contributed by atoms with van der Waals surface area (Å²) < 4.78 is 13.4. The van der Waals surface area contributed by atoms with Gasteiger partial charge < -0.3 is 5.11 Å². The fourth-order valence-electron chi connectivity index (χ4n) is 2.36. The zero-order chi connectivity index (χ0) is 14.2. The number of aliphatic hydroxyl groups is 1. The third-order valence-electron chi connectivity index (χ3n) is 3.64. The lowest BCUT2D eigenvalue weighted by molar-refractivity contribution is 0.101. The van der Waals surface area contributed by atoms with Crippen LogP contribution in [-0.2, 0) is 5.60 Å². The quantitative estimate of drug-likeness (QED) is 0.863. The van der Waals surface area contributed by atoms with Crippen LogP contribution in [-0.4, -0.2) is 5.11 Å². The van der Waals surface area contributed by atoms with Gasteiger partial charge in [-0.3, -0.25) is 0 Å². The predicted octanol–water partition coefficient (Wildman–Crippen LogP) is 4.01. The second-order valence-corrected chi connectivity index (χ2v) is 5.35. The van der Waals surface area contributed by atoms with Crippen molar-refractivity contribution in [1.82, 2.24) is 0 Å². The Hall–Kier alpha value is -1.67. The number of hydrogen-bond donors (Lipinski definition) is 1. The van der Waals surface area contributed by atoms with Gasteiger partial charge in [0.2, 0.25) is 0 Å². The molecule has 2 aromatic carbocycles. The molecule has 2 aromatic rings. The number of halogens is 1. The number of benzene rings is 2. The van der Waals surface area contributed by atoms with E-state index >= 15 is 0 Å². The van der Waals surface area contributed by atoms with Crippen molar-refractivity contribution in [2.24, 2.45) is 0 Å². The fraction of sp³-hybridized carbons (Fsp3) is 0.294. The molecule has 0 fully saturated rings. The van der Waals surface area contributed by atoms with Crippen LogP contribution in [0.4, 0.5) is 4.39 Å². The molecule has 2 rings (SSSR count). The molecule has 0 saturated heterocycles. The van der Waals surface area contributed by atoms with Crippen molar-refractivity contribution in [3.8, 4) is 0 Å². The van der Waals surface area contributed by atoms with Crippen molar-refractivity contribution in [2.75, 3.05) is 0 Å². The SMILES string of the molecule is Cc1ccc(C)c(C(C)(O)c2ccc(F)c(C)c2)c1. The molecule has 0 heterocycles. The Bertz CT molecular complexity index is 615. The highest BCUT2D eigenvalue weighted by atomic mass is 19.1. The summed E-state index contributed by atoms with van der Waals surface area (Å²) in [6.07, 6.45) is 0. The Kier molecular flexibility index (Phi) is 3.46. The molecule has 0 radical (unpaired) electrons. The van der Waals surface area contributed by atoms with Crippen molar-refractivity contribution < 1.29 is 9.50 Å². The van der Waals surface area contributed by atoms with E-state index in [1.54, 1.807) is 26.0 Å². The first-order valence-corrected chi connectivity index (χ1v) is 6.39. The van der Waals surface area contributed by atoms with Gasteiger partial charge in [0.1, 0.15) is 11.4 Å². The van der Waals surface area contributed by atoms with Crippen LogP contribution in [0.25, 0.3) is 0 Å². The van der Waals surface area contributed by atoms with Gasteiger partial charge in [0.05, 0.1) is 0 Å². The van der Waals surface area contributed by atoms with Crippen LogP contribution >= 0.6 is 0 Å². The van der Waals surface area contributed by atoms with E-state index in [9.17, 15) is 9.50 Å². The monoisotopic (exact) mass is 258 g/mol. The molecule has 0 aliphatic carbocycles. The van der Waals surface area contributed by atoms with Crippen LogP contribution < -0.4 is 0 Å². The molecule has 1 unspecified atom stereocenters. The van der Waals surface area contributed by atoms with E-state index in [0.29, 0.717) is 11.1 Å². The van der Waals surface area contributed by atoms with Gasteiger partial charge in [0.25, 0.3) is 0 Å². The van der Waals surface area contributed by atoms with Gasteiger partial charge in [-0.1, -0.05) is 29.8 Å². The first kappa shape index (κ1) is 13.8. The zero-order valence-corrected chi connectivity index (χ0v) is 11.8. The molecule has 1 nitrogen and oxygen atoms in total. The molecule has 0 saturated carbocycles. The highest BCUT2D eigenvalue weighted by molar-refractivity contribution is 5.42. The Morgan fingerprint density at radius 2 is 1.63 bits per heavy atom. The fourth-order valence-corrected chi connectivity index (χ4v) is 2.36. The molecule has 1 atom stereocenters. The van der Waals surface area contributed by atoms with Gasteiger partial charge in [-0.2, -0.15) is 0 Å². The number of hydrogen-bond acceptors (Lipinski definition) is 1. The van der Waals surface area contributed by atoms with E-state index in [1.165, 1.54) is 6.07 Å². The summed E-state index contributed by atoms with van der Waals surface area (Å²) >= 11 is 0. The Morgan fingerprint density at radius 3 is 2.26 bits per heavy atom. The lowest BCUT2D eigenvalue weighted by Gasteiger charge is -2.27. The van der Waals surface area contributed by atoms with Gasteiger partial charge in [0, 0.05) is 0 Å².